The van der Waals surface area contributed by atoms with Gasteiger partial charge in [0.25, 0.3) is 0 Å². The fraction of sp³-hybridized carbons (Fsp3) is 0.800. The van der Waals surface area contributed by atoms with Gasteiger partial charge in [-0.1, -0.05) is 32.4 Å². The Morgan fingerprint density at radius 2 is 1.92 bits per heavy atom. The molecule has 25 heavy (non-hydrogen) atoms. The summed E-state index contributed by atoms with van der Waals surface area (Å²) in [5.41, 5.74) is -0.0909. The SMILES string of the molecule is CC1=C[C@H]2[C@@H](C1)C[C@]2(CNC(=O)OC(C)(C)C)C(C(=O)O)C(C)(C)C. The molecule has 142 valence electrons. The molecular formula is C20H33NO4. The van der Waals surface area contributed by atoms with Crippen molar-refractivity contribution in [2.45, 2.75) is 66.9 Å². The van der Waals surface area contributed by atoms with E-state index in [9.17, 15) is 14.7 Å². The number of hydrogen-bond donors (Lipinski definition) is 2. The van der Waals surface area contributed by atoms with Crippen molar-refractivity contribution in [2.24, 2.45) is 28.6 Å². The van der Waals surface area contributed by atoms with Gasteiger partial charge in [0, 0.05) is 12.0 Å². The van der Waals surface area contributed by atoms with Gasteiger partial charge in [0.2, 0.25) is 0 Å². The first-order valence-corrected chi connectivity index (χ1v) is 9.13. The third-order valence-electron chi connectivity index (χ3n) is 5.51. The summed E-state index contributed by atoms with van der Waals surface area (Å²) < 4.78 is 5.35. The summed E-state index contributed by atoms with van der Waals surface area (Å²) >= 11 is 0. The quantitative estimate of drug-likeness (QED) is 0.743. The Morgan fingerprint density at radius 3 is 2.36 bits per heavy atom. The molecule has 1 amide bonds. The third-order valence-corrected chi connectivity index (χ3v) is 5.51. The van der Waals surface area contributed by atoms with E-state index in [0.29, 0.717) is 12.5 Å². The second kappa shape index (κ2) is 6.33. The predicted octanol–water partition coefficient (Wildman–Crippen LogP) is 4.23. The third kappa shape index (κ3) is 4.01. The summed E-state index contributed by atoms with van der Waals surface area (Å²) in [5, 5.41) is 12.8. The molecule has 0 aliphatic heterocycles. The Morgan fingerprint density at radius 1 is 1.32 bits per heavy atom. The van der Waals surface area contributed by atoms with Crippen molar-refractivity contribution in [1.29, 1.82) is 0 Å². The Hall–Kier alpha value is -1.52. The van der Waals surface area contributed by atoms with Crippen LogP contribution in [0.2, 0.25) is 0 Å². The first-order chi connectivity index (χ1) is 11.3. The molecule has 5 nitrogen and oxygen atoms in total. The lowest BCUT2D eigenvalue weighted by Gasteiger charge is -2.58. The van der Waals surface area contributed by atoms with Crippen LogP contribution in [0.3, 0.4) is 0 Å². The van der Waals surface area contributed by atoms with Gasteiger partial charge in [-0.2, -0.15) is 0 Å². The zero-order valence-corrected chi connectivity index (χ0v) is 16.6. The maximum absolute atomic E-state index is 12.2. The van der Waals surface area contributed by atoms with Crippen LogP contribution in [0.1, 0.15) is 61.3 Å². The number of aliphatic carboxylic acids is 1. The molecule has 0 bridgehead atoms. The summed E-state index contributed by atoms with van der Waals surface area (Å²) in [6.45, 7) is 13.8. The van der Waals surface area contributed by atoms with Crippen molar-refractivity contribution in [3.8, 4) is 0 Å². The number of carbonyl (C=O) groups is 2. The molecule has 1 fully saturated rings. The molecule has 4 atom stereocenters. The number of carbonyl (C=O) groups excluding carboxylic acids is 1. The Balaban J connectivity index is 2.26. The lowest BCUT2D eigenvalue weighted by Crippen LogP contribution is -2.61. The Kier molecular flexibility index (Phi) is 5.01. The fourth-order valence-electron chi connectivity index (χ4n) is 4.98. The molecule has 0 saturated heterocycles. The van der Waals surface area contributed by atoms with Gasteiger partial charge in [0.15, 0.2) is 0 Å². The van der Waals surface area contributed by atoms with Crippen molar-refractivity contribution in [1.82, 2.24) is 5.32 Å². The van der Waals surface area contributed by atoms with E-state index in [1.807, 2.05) is 41.5 Å². The monoisotopic (exact) mass is 351 g/mol. The lowest BCUT2D eigenvalue weighted by molar-refractivity contribution is -0.167. The van der Waals surface area contributed by atoms with Crippen LogP contribution in [0.25, 0.3) is 0 Å². The van der Waals surface area contributed by atoms with Crippen LogP contribution in [0.15, 0.2) is 11.6 Å². The highest BCUT2D eigenvalue weighted by atomic mass is 16.6. The van der Waals surface area contributed by atoms with Gasteiger partial charge >= 0.3 is 12.1 Å². The van der Waals surface area contributed by atoms with Crippen molar-refractivity contribution in [3.63, 3.8) is 0 Å². The molecular weight excluding hydrogens is 318 g/mol. The smallest absolute Gasteiger partial charge is 0.407 e. The van der Waals surface area contributed by atoms with E-state index in [1.165, 1.54) is 5.57 Å². The minimum Gasteiger partial charge on any atom is -0.481 e. The van der Waals surface area contributed by atoms with Crippen molar-refractivity contribution < 1.29 is 19.4 Å². The minimum absolute atomic E-state index is 0.211. The molecule has 0 radical (unpaired) electrons. The van der Waals surface area contributed by atoms with Crippen LogP contribution in [-0.2, 0) is 9.53 Å². The van der Waals surface area contributed by atoms with Crippen molar-refractivity contribution in [2.75, 3.05) is 6.54 Å². The van der Waals surface area contributed by atoms with E-state index >= 15 is 0 Å². The highest BCUT2D eigenvalue weighted by Crippen LogP contribution is 2.64. The first-order valence-electron chi connectivity index (χ1n) is 9.13. The molecule has 0 aromatic carbocycles. The molecule has 5 heteroatoms. The van der Waals surface area contributed by atoms with E-state index in [4.69, 9.17) is 4.74 Å². The van der Waals surface area contributed by atoms with Crippen LogP contribution >= 0.6 is 0 Å². The maximum Gasteiger partial charge on any atom is 0.407 e. The van der Waals surface area contributed by atoms with Crippen LogP contribution < -0.4 is 5.32 Å². The summed E-state index contributed by atoms with van der Waals surface area (Å²) in [5.74, 6) is -0.597. The van der Waals surface area contributed by atoms with E-state index in [0.717, 1.165) is 12.8 Å². The number of carboxylic acids is 1. The predicted molar refractivity (Wildman–Crippen MR) is 97.2 cm³/mol. The number of hydrogen-bond acceptors (Lipinski definition) is 3. The summed E-state index contributed by atoms with van der Waals surface area (Å²) in [6, 6.07) is 0. The number of ether oxygens (including phenoxy) is 1. The highest BCUT2D eigenvalue weighted by molar-refractivity contribution is 5.73. The van der Waals surface area contributed by atoms with Crippen LogP contribution in [0.4, 0.5) is 4.79 Å². The summed E-state index contributed by atoms with van der Waals surface area (Å²) in [7, 11) is 0. The number of rotatable bonds is 4. The molecule has 0 aromatic heterocycles. The van der Waals surface area contributed by atoms with Gasteiger partial charge in [0.05, 0.1) is 5.92 Å². The van der Waals surface area contributed by atoms with Gasteiger partial charge in [-0.15, -0.1) is 0 Å². The molecule has 0 heterocycles. The van der Waals surface area contributed by atoms with Gasteiger partial charge in [-0.3, -0.25) is 4.79 Å². The lowest BCUT2D eigenvalue weighted by atomic mass is 9.46. The summed E-state index contributed by atoms with van der Waals surface area (Å²) in [4.78, 5) is 24.3. The average Bonchev–Trinajstić information content (AvgIpc) is 2.67. The van der Waals surface area contributed by atoms with Crippen molar-refractivity contribution in [3.05, 3.63) is 11.6 Å². The van der Waals surface area contributed by atoms with E-state index in [1.54, 1.807) is 0 Å². The van der Waals surface area contributed by atoms with Gasteiger partial charge in [-0.05, 0) is 57.8 Å². The largest absolute Gasteiger partial charge is 0.481 e. The number of allylic oxidation sites excluding steroid dienone is 2. The second-order valence-electron chi connectivity index (χ2n) is 9.93. The number of nitrogens with one attached hydrogen (secondary N) is 1. The Labute approximate surface area is 151 Å². The maximum atomic E-state index is 12.2. The molecule has 0 spiro atoms. The second-order valence-corrected chi connectivity index (χ2v) is 9.93. The van der Waals surface area contributed by atoms with Gasteiger partial charge in [0.1, 0.15) is 5.60 Å². The topological polar surface area (TPSA) is 75.6 Å². The molecule has 1 saturated carbocycles. The van der Waals surface area contributed by atoms with Crippen LogP contribution in [0.5, 0.6) is 0 Å². The highest BCUT2D eigenvalue weighted by Gasteiger charge is 2.62. The summed E-state index contributed by atoms with van der Waals surface area (Å²) in [6.07, 6.45) is 3.62. The fourth-order valence-corrected chi connectivity index (χ4v) is 4.98. The zero-order valence-electron chi connectivity index (χ0n) is 16.6. The molecule has 2 aliphatic rings. The van der Waals surface area contributed by atoms with Crippen LogP contribution in [-0.4, -0.2) is 29.3 Å². The molecule has 2 rings (SSSR count). The van der Waals surface area contributed by atoms with Gasteiger partial charge < -0.3 is 15.2 Å². The molecule has 1 unspecified atom stereocenters. The number of amides is 1. The van der Waals surface area contributed by atoms with E-state index in [-0.39, 0.29) is 5.92 Å². The molecule has 0 aromatic rings. The molecule has 2 aliphatic carbocycles. The normalized spacial score (nSPS) is 30.0. The number of carboxylic acid groups (broad SMARTS) is 1. The van der Waals surface area contributed by atoms with E-state index < -0.39 is 34.4 Å². The van der Waals surface area contributed by atoms with E-state index in [2.05, 4.69) is 18.3 Å². The van der Waals surface area contributed by atoms with Crippen molar-refractivity contribution >= 4 is 12.1 Å². The molecule has 2 N–H and O–H groups in total. The zero-order chi connectivity index (χ0) is 19.2. The number of alkyl carbamates (subject to hydrolysis) is 1. The standard InChI is InChI=1S/C20H33NO4/c1-12-8-13-10-20(14(13)9-12,15(16(22)23)18(2,3)4)11-21-17(24)25-19(5,6)7/h9,13-15H,8,10-11H2,1-7H3,(H,21,24)(H,22,23)/t13-,14-,15?,20+/m0/s1. The average molecular weight is 351 g/mol. The minimum atomic E-state index is -0.783. The van der Waals surface area contributed by atoms with Gasteiger partial charge in [-0.25, -0.2) is 4.79 Å². The Bertz CT molecular complexity index is 581. The first kappa shape index (κ1) is 19.8. The van der Waals surface area contributed by atoms with Crippen LogP contribution in [0, 0.1) is 28.6 Å². The number of fused-ring (bicyclic) bond motifs is 1.